The Labute approximate surface area is 158 Å². The first kappa shape index (κ1) is 18.8. The van der Waals surface area contributed by atoms with Gasteiger partial charge in [-0.15, -0.1) is 11.3 Å². The van der Waals surface area contributed by atoms with E-state index in [1.807, 2.05) is 18.5 Å². The fourth-order valence-electron chi connectivity index (χ4n) is 3.05. The van der Waals surface area contributed by atoms with Crippen molar-refractivity contribution in [3.63, 3.8) is 0 Å². The van der Waals surface area contributed by atoms with E-state index in [1.54, 1.807) is 18.4 Å². The van der Waals surface area contributed by atoms with Crippen molar-refractivity contribution in [3.8, 4) is 0 Å². The van der Waals surface area contributed by atoms with Crippen LogP contribution in [0.4, 0.5) is 0 Å². The Morgan fingerprint density at radius 3 is 2.92 bits per heavy atom. The van der Waals surface area contributed by atoms with E-state index in [4.69, 9.17) is 9.73 Å². The molecule has 0 spiro atoms. The summed E-state index contributed by atoms with van der Waals surface area (Å²) in [7, 11) is 1.66. The Morgan fingerprint density at radius 2 is 2.23 bits per heavy atom. The van der Waals surface area contributed by atoms with E-state index in [1.165, 1.54) is 4.88 Å². The molecule has 0 aromatic carbocycles. The van der Waals surface area contributed by atoms with E-state index >= 15 is 0 Å². The molecule has 142 valence electrons. The van der Waals surface area contributed by atoms with E-state index in [0.29, 0.717) is 13.2 Å². The highest BCUT2D eigenvalue weighted by molar-refractivity contribution is 7.11. The van der Waals surface area contributed by atoms with Gasteiger partial charge in [-0.3, -0.25) is 0 Å². The molecule has 3 heterocycles. The van der Waals surface area contributed by atoms with Gasteiger partial charge in [0.15, 0.2) is 11.8 Å². The molecule has 0 fully saturated rings. The predicted octanol–water partition coefficient (Wildman–Crippen LogP) is 1.57. The Bertz CT molecular complexity index is 767. The summed E-state index contributed by atoms with van der Waals surface area (Å²) in [6, 6.07) is 0.279. The second kappa shape index (κ2) is 8.59. The molecule has 1 atom stereocenters. The molecule has 1 aliphatic heterocycles. The highest BCUT2D eigenvalue weighted by Crippen LogP contribution is 2.18. The molecule has 1 aliphatic rings. The van der Waals surface area contributed by atoms with Crippen molar-refractivity contribution in [2.24, 2.45) is 4.99 Å². The SMILES string of the molecule is CCNC(=NCc1sc(C)nc1C)NC1CCc2nc(COC)nn2C1. The first-order chi connectivity index (χ1) is 12.6. The van der Waals surface area contributed by atoms with Crippen molar-refractivity contribution >= 4 is 17.3 Å². The third-order valence-electron chi connectivity index (χ3n) is 4.24. The minimum absolute atomic E-state index is 0.279. The molecule has 2 N–H and O–H groups in total. The van der Waals surface area contributed by atoms with Crippen LogP contribution in [0.2, 0.25) is 0 Å². The number of nitrogens with zero attached hydrogens (tertiary/aromatic N) is 5. The average molecular weight is 378 g/mol. The highest BCUT2D eigenvalue weighted by atomic mass is 32.1. The zero-order chi connectivity index (χ0) is 18.5. The summed E-state index contributed by atoms with van der Waals surface area (Å²) >= 11 is 1.71. The Kier molecular flexibility index (Phi) is 6.20. The number of guanidine groups is 1. The third kappa shape index (κ3) is 4.59. The van der Waals surface area contributed by atoms with Crippen molar-refractivity contribution in [2.75, 3.05) is 13.7 Å². The van der Waals surface area contributed by atoms with Crippen LogP contribution in [-0.2, 0) is 30.9 Å². The second-order valence-electron chi connectivity index (χ2n) is 6.38. The summed E-state index contributed by atoms with van der Waals surface area (Å²) in [6.07, 6.45) is 1.91. The van der Waals surface area contributed by atoms with Gasteiger partial charge in [0.05, 0.1) is 23.8 Å². The molecule has 3 rings (SSSR count). The molecular formula is C17H27N7OS. The number of thiazole rings is 1. The second-order valence-corrected chi connectivity index (χ2v) is 7.66. The van der Waals surface area contributed by atoms with Gasteiger partial charge >= 0.3 is 0 Å². The van der Waals surface area contributed by atoms with Gasteiger partial charge in [-0.2, -0.15) is 5.10 Å². The number of hydrogen-bond donors (Lipinski definition) is 2. The minimum atomic E-state index is 0.279. The smallest absolute Gasteiger partial charge is 0.191 e. The van der Waals surface area contributed by atoms with Crippen molar-refractivity contribution in [3.05, 3.63) is 27.2 Å². The molecule has 0 aliphatic carbocycles. The number of aliphatic imine (C=N–C) groups is 1. The molecule has 2 aromatic heterocycles. The largest absolute Gasteiger partial charge is 0.377 e. The lowest BCUT2D eigenvalue weighted by atomic mass is 10.1. The number of aromatic nitrogens is 4. The van der Waals surface area contributed by atoms with Crippen LogP contribution in [0.25, 0.3) is 0 Å². The molecule has 9 heteroatoms. The number of ether oxygens (including phenoxy) is 1. The normalized spacial score (nSPS) is 17.2. The lowest BCUT2D eigenvalue weighted by Crippen LogP contribution is -2.47. The van der Waals surface area contributed by atoms with Gasteiger partial charge in [0, 0.05) is 31.0 Å². The van der Waals surface area contributed by atoms with Crippen molar-refractivity contribution < 1.29 is 4.74 Å². The highest BCUT2D eigenvalue weighted by Gasteiger charge is 2.22. The number of rotatable bonds is 6. The van der Waals surface area contributed by atoms with Gasteiger partial charge in [0.25, 0.3) is 0 Å². The molecule has 0 amide bonds. The molecule has 0 saturated carbocycles. The third-order valence-corrected chi connectivity index (χ3v) is 5.30. The lowest BCUT2D eigenvalue weighted by Gasteiger charge is -2.25. The molecule has 0 radical (unpaired) electrons. The fraction of sp³-hybridized carbons (Fsp3) is 0.647. The summed E-state index contributed by atoms with van der Waals surface area (Å²) in [6.45, 7) is 8.86. The number of fused-ring (bicyclic) bond motifs is 1. The Hall–Kier alpha value is -2.00. The quantitative estimate of drug-likeness (QED) is 0.587. The fourth-order valence-corrected chi connectivity index (χ4v) is 3.91. The lowest BCUT2D eigenvalue weighted by molar-refractivity contribution is 0.177. The van der Waals surface area contributed by atoms with Crippen LogP contribution in [0.1, 0.15) is 40.6 Å². The van der Waals surface area contributed by atoms with Crippen molar-refractivity contribution in [1.82, 2.24) is 30.4 Å². The Balaban J connectivity index is 1.64. The Morgan fingerprint density at radius 1 is 1.38 bits per heavy atom. The van der Waals surface area contributed by atoms with E-state index in [2.05, 4.69) is 32.6 Å². The molecule has 8 nitrogen and oxygen atoms in total. The van der Waals surface area contributed by atoms with Crippen LogP contribution in [0.3, 0.4) is 0 Å². The molecule has 2 aromatic rings. The van der Waals surface area contributed by atoms with Crippen LogP contribution < -0.4 is 10.6 Å². The number of aryl methyl sites for hydroxylation is 3. The molecule has 26 heavy (non-hydrogen) atoms. The maximum atomic E-state index is 5.13. The van der Waals surface area contributed by atoms with Crippen LogP contribution in [0.15, 0.2) is 4.99 Å². The van der Waals surface area contributed by atoms with Gasteiger partial charge in [-0.05, 0) is 27.2 Å². The summed E-state index contributed by atoms with van der Waals surface area (Å²) in [5, 5.41) is 12.5. The van der Waals surface area contributed by atoms with E-state index in [0.717, 1.165) is 54.2 Å². The number of methoxy groups -OCH3 is 1. The zero-order valence-corrected chi connectivity index (χ0v) is 16.7. The zero-order valence-electron chi connectivity index (χ0n) is 15.9. The van der Waals surface area contributed by atoms with Gasteiger partial charge in [-0.1, -0.05) is 0 Å². The van der Waals surface area contributed by atoms with Crippen LogP contribution in [-0.4, -0.2) is 45.4 Å². The van der Waals surface area contributed by atoms with Gasteiger partial charge in [-0.25, -0.2) is 19.6 Å². The van der Waals surface area contributed by atoms with E-state index < -0.39 is 0 Å². The van der Waals surface area contributed by atoms with E-state index in [9.17, 15) is 0 Å². The molecular weight excluding hydrogens is 350 g/mol. The maximum absolute atomic E-state index is 5.13. The predicted molar refractivity (Wildman–Crippen MR) is 102 cm³/mol. The van der Waals surface area contributed by atoms with Gasteiger partial charge < -0.3 is 15.4 Å². The van der Waals surface area contributed by atoms with Gasteiger partial charge in [0.2, 0.25) is 0 Å². The number of hydrogen-bond acceptors (Lipinski definition) is 6. The van der Waals surface area contributed by atoms with Crippen molar-refractivity contribution in [1.29, 1.82) is 0 Å². The molecule has 0 bridgehead atoms. The summed E-state index contributed by atoms with van der Waals surface area (Å²) in [5.74, 6) is 2.62. The van der Waals surface area contributed by atoms with Gasteiger partial charge in [0.1, 0.15) is 12.4 Å². The standard InChI is InChI=1S/C17H27N7OS/c1-5-18-17(19-8-14-11(2)20-12(3)26-14)21-13-6-7-16-22-15(10-25-4)23-24(16)9-13/h13H,5-10H2,1-4H3,(H2,18,19,21). The molecule has 1 unspecified atom stereocenters. The minimum Gasteiger partial charge on any atom is -0.377 e. The van der Waals surface area contributed by atoms with Crippen molar-refractivity contribution in [2.45, 2.75) is 59.4 Å². The monoisotopic (exact) mass is 377 g/mol. The van der Waals surface area contributed by atoms with Crippen LogP contribution >= 0.6 is 11.3 Å². The summed E-state index contributed by atoms with van der Waals surface area (Å²) < 4.78 is 7.11. The first-order valence-electron chi connectivity index (χ1n) is 8.98. The summed E-state index contributed by atoms with van der Waals surface area (Å²) in [4.78, 5) is 15.0. The number of nitrogens with one attached hydrogen (secondary N) is 2. The topological polar surface area (TPSA) is 89.2 Å². The van der Waals surface area contributed by atoms with Crippen LogP contribution in [0, 0.1) is 13.8 Å². The summed E-state index contributed by atoms with van der Waals surface area (Å²) in [5.41, 5.74) is 1.07. The maximum Gasteiger partial charge on any atom is 0.191 e. The average Bonchev–Trinajstić information content (AvgIpc) is 3.14. The first-order valence-corrected chi connectivity index (χ1v) is 9.80. The van der Waals surface area contributed by atoms with Crippen LogP contribution in [0.5, 0.6) is 0 Å². The van der Waals surface area contributed by atoms with E-state index in [-0.39, 0.29) is 6.04 Å². The molecule has 0 saturated heterocycles.